The van der Waals surface area contributed by atoms with E-state index in [2.05, 4.69) is 10.3 Å². The highest BCUT2D eigenvalue weighted by molar-refractivity contribution is 7.13. The molecule has 8 heteroatoms. The van der Waals surface area contributed by atoms with E-state index in [0.717, 1.165) is 6.07 Å². The average molecular weight is 322 g/mol. The van der Waals surface area contributed by atoms with E-state index in [-0.39, 0.29) is 16.8 Å². The van der Waals surface area contributed by atoms with Crippen molar-refractivity contribution >= 4 is 33.8 Å². The van der Waals surface area contributed by atoms with Crippen LogP contribution in [0.4, 0.5) is 24.0 Å². The molecule has 1 aromatic carbocycles. The van der Waals surface area contributed by atoms with Gasteiger partial charge in [-0.25, -0.2) is 4.98 Å². The van der Waals surface area contributed by atoms with Gasteiger partial charge < -0.3 is 11.1 Å². The third-order valence-electron chi connectivity index (χ3n) is 2.52. The maximum Gasteiger partial charge on any atom is 0.418 e. The second-order valence-electron chi connectivity index (χ2n) is 4.18. The van der Waals surface area contributed by atoms with E-state index in [9.17, 15) is 13.2 Å². The molecule has 20 heavy (non-hydrogen) atoms. The van der Waals surface area contributed by atoms with Gasteiger partial charge in [-0.15, -0.1) is 11.3 Å². The Balaban J connectivity index is 2.33. The van der Waals surface area contributed by atoms with E-state index in [1.807, 2.05) is 0 Å². The molecule has 2 aromatic rings. The van der Waals surface area contributed by atoms with Gasteiger partial charge in [0.1, 0.15) is 0 Å². The van der Waals surface area contributed by atoms with Gasteiger partial charge in [-0.3, -0.25) is 0 Å². The minimum atomic E-state index is -4.49. The van der Waals surface area contributed by atoms with Crippen molar-refractivity contribution < 1.29 is 13.2 Å². The lowest BCUT2D eigenvalue weighted by atomic mass is 10.1. The van der Waals surface area contributed by atoms with Crippen molar-refractivity contribution in [2.75, 3.05) is 5.32 Å². The Kier molecular flexibility index (Phi) is 4.22. The van der Waals surface area contributed by atoms with Crippen LogP contribution in [0.25, 0.3) is 0 Å². The molecule has 0 aliphatic rings. The highest BCUT2D eigenvalue weighted by atomic mass is 35.5. The molecule has 0 aliphatic carbocycles. The smallest absolute Gasteiger partial charge is 0.331 e. The first-order valence-electron chi connectivity index (χ1n) is 5.62. The molecule has 0 bridgehead atoms. The number of nitrogens with two attached hydrogens (primary N) is 1. The summed E-state index contributed by atoms with van der Waals surface area (Å²) in [6.45, 7) is 1.75. The molecule has 0 spiro atoms. The molecule has 1 heterocycles. The van der Waals surface area contributed by atoms with Crippen LogP contribution >= 0.6 is 22.9 Å². The number of aromatic nitrogens is 1. The fraction of sp³-hybridized carbons (Fsp3) is 0.250. The summed E-state index contributed by atoms with van der Waals surface area (Å²) in [6, 6.07) is 3.27. The van der Waals surface area contributed by atoms with E-state index >= 15 is 0 Å². The summed E-state index contributed by atoms with van der Waals surface area (Å²) in [4.78, 5) is 4.13. The van der Waals surface area contributed by atoms with Gasteiger partial charge in [0.05, 0.1) is 16.9 Å². The van der Waals surface area contributed by atoms with Crippen molar-refractivity contribution in [3.63, 3.8) is 0 Å². The number of nitrogens with one attached hydrogen (secondary N) is 1. The number of benzene rings is 1. The number of halogens is 4. The number of nitrogens with zero attached hydrogens (tertiary/aromatic N) is 1. The first-order chi connectivity index (χ1) is 9.27. The van der Waals surface area contributed by atoms with Crippen LogP contribution < -0.4 is 11.1 Å². The number of hydrogen-bond acceptors (Lipinski definition) is 4. The largest absolute Gasteiger partial charge is 0.418 e. The zero-order chi connectivity index (χ0) is 14.9. The molecule has 1 aromatic heterocycles. The standard InChI is InChI=1S/C12H11ClF3N3S/c1-6(17)10-5-20-11(19-10)18-9-3-2-7(13)4-8(9)12(14,15)16/h2-6H,17H2,1H3,(H,18,19). The Morgan fingerprint density at radius 2 is 2.10 bits per heavy atom. The molecular weight excluding hydrogens is 311 g/mol. The first kappa shape index (κ1) is 15.1. The van der Waals surface area contributed by atoms with Gasteiger partial charge in [0.2, 0.25) is 0 Å². The second kappa shape index (κ2) is 5.59. The van der Waals surface area contributed by atoms with Crippen molar-refractivity contribution in [2.45, 2.75) is 19.1 Å². The first-order valence-corrected chi connectivity index (χ1v) is 6.88. The lowest BCUT2D eigenvalue weighted by molar-refractivity contribution is -0.136. The lowest BCUT2D eigenvalue weighted by Crippen LogP contribution is -2.09. The van der Waals surface area contributed by atoms with Crippen LogP contribution in [-0.2, 0) is 6.18 Å². The van der Waals surface area contributed by atoms with Gasteiger partial charge >= 0.3 is 6.18 Å². The van der Waals surface area contributed by atoms with Crippen LogP contribution in [0, 0.1) is 0 Å². The van der Waals surface area contributed by atoms with Crippen molar-refractivity contribution in [3.05, 3.63) is 39.9 Å². The molecule has 0 saturated carbocycles. The molecule has 1 atom stereocenters. The second-order valence-corrected chi connectivity index (χ2v) is 5.47. The van der Waals surface area contributed by atoms with Crippen LogP contribution in [0.3, 0.4) is 0 Å². The summed E-state index contributed by atoms with van der Waals surface area (Å²) < 4.78 is 38.8. The summed E-state index contributed by atoms with van der Waals surface area (Å²) in [7, 11) is 0. The number of hydrogen-bond donors (Lipinski definition) is 2. The van der Waals surface area contributed by atoms with E-state index in [0.29, 0.717) is 10.8 Å². The van der Waals surface area contributed by atoms with Crippen molar-refractivity contribution in [1.82, 2.24) is 4.98 Å². The minimum absolute atomic E-state index is 0.0262. The summed E-state index contributed by atoms with van der Waals surface area (Å²) >= 11 is 6.81. The highest BCUT2D eigenvalue weighted by Gasteiger charge is 2.34. The maximum atomic E-state index is 12.9. The average Bonchev–Trinajstić information content (AvgIpc) is 2.79. The van der Waals surface area contributed by atoms with Gasteiger partial charge in [0.15, 0.2) is 5.13 Å². The van der Waals surface area contributed by atoms with Crippen LogP contribution in [0.2, 0.25) is 5.02 Å². The Morgan fingerprint density at radius 3 is 2.65 bits per heavy atom. The highest BCUT2D eigenvalue weighted by Crippen LogP contribution is 2.38. The third kappa shape index (κ3) is 3.41. The molecule has 0 saturated heterocycles. The van der Waals surface area contributed by atoms with Gasteiger partial charge in [-0.2, -0.15) is 13.2 Å². The number of thiazole rings is 1. The van der Waals surface area contributed by atoms with Crippen molar-refractivity contribution in [1.29, 1.82) is 0 Å². The fourth-order valence-electron chi connectivity index (χ4n) is 1.53. The molecule has 0 fully saturated rings. The van der Waals surface area contributed by atoms with Gasteiger partial charge in [0.25, 0.3) is 0 Å². The number of rotatable bonds is 3. The van der Waals surface area contributed by atoms with E-state index < -0.39 is 11.7 Å². The molecule has 3 N–H and O–H groups in total. The quantitative estimate of drug-likeness (QED) is 0.870. The monoisotopic (exact) mass is 321 g/mol. The summed E-state index contributed by atoms with van der Waals surface area (Å²) in [5.41, 5.74) is 5.36. The SMILES string of the molecule is CC(N)c1csc(Nc2ccc(Cl)cc2C(F)(F)F)n1. The molecule has 0 amide bonds. The molecule has 108 valence electrons. The Labute approximate surface area is 122 Å². The molecule has 3 nitrogen and oxygen atoms in total. The minimum Gasteiger partial charge on any atom is -0.331 e. The van der Waals surface area contributed by atoms with Crippen molar-refractivity contribution in [3.8, 4) is 0 Å². The number of anilines is 2. The van der Waals surface area contributed by atoms with Crippen molar-refractivity contribution in [2.24, 2.45) is 5.73 Å². The van der Waals surface area contributed by atoms with Gasteiger partial charge in [-0.05, 0) is 25.1 Å². The third-order valence-corrected chi connectivity index (χ3v) is 3.53. The summed E-state index contributed by atoms with van der Waals surface area (Å²) in [5, 5.41) is 4.74. The molecule has 2 rings (SSSR count). The van der Waals surface area contributed by atoms with E-state index in [1.165, 1.54) is 23.5 Å². The van der Waals surface area contributed by atoms with Crippen LogP contribution in [0.15, 0.2) is 23.6 Å². The number of alkyl halides is 3. The molecule has 0 aliphatic heterocycles. The zero-order valence-corrected chi connectivity index (χ0v) is 11.9. The summed E-state index contributed by atoms with van der Waals surface area (Å²) in [6.07, 6.45) is -4.49. The predicted molar refractivity (Wildman–Crippen MR) is 74.5 cm³/mol. The Hall–Kier alpha value is -1.31. The van der Waals surface area contributed by atoms with Gasteiger partial charge in [-0.1, -0.05) is 11.6 Å². The van der Waals surface area contributed by atoms with Crippen LogP contribution in [0.1, 0.15) is 24.2 Å². The van der Waals surface area contributed by atoms with Crippen LogP contribution in [0.5, 0.6) is 0 Å². The fourth-order valence-corrected chi connectivity index (χ4v) is 2.53. The van der Waals surface area contributed by atoms with E-state index in [4.69, 9.17) is 17.3 Å². The summed E-state index contributed by atoms with van der Waals surface area (Å²) in [5.74, 6) is 0. The normalized spacial score (nSPS) is 13.3. The Bertz CT molecular complexity index is 610. The topological polar surface area (TPSA) is 50.9 Å². The molecular formula is C12H11ClF3N3S. The van der Waals surface area contributed by atoms with E-state index in [1.54, 1.807) is 12.3 Å². The Morgan fingerprint density at radius 1 is 1.40 bits per heavy atom. The maximum absolute atomic E-state index is 12.9. The molecule has 1 unspecified atom stereocenters. The van der Waals surface area contributed by atoms with Crippen LogP contribution in [-0.4, -0.2) is 4.98 Å². The lowest BCUT2D eigenvalue weighted by Gasteiger charge is -2.13. The predicted octanol–water partition coefficient (Wildman–Crippen LogP) is 4.58. The zero-order valence-electron chi connectivity index (χ0n) is 10.3. The van der Waals surface area contributed by atoms with Gasteiger partial charge in [0, 0.05) is 16.4 Å². The molecule has 0 radical (unpaired) electrons.